The molecule has 2 unspecified atom stereocenters. The molecule has 1 aromatic carbocycles. The zero-order valence-electron chi connectivity index (χ0n) is 13.6. The smallest absolute Gasteiger partial charge is 0.257 e. The first-order valence-corrected chi connectivity index (χ1v) is 8.09. The molecule has 0 radical (unpaired) electrons. The van der Waals surface area contributed by atoms with Gasteiger partial charge in [-0.05, 0) is 51.1 Å². The molecule has 6 heteroatoms. The summed E-state index contributed by atoms with van der Waals surface area (Å²) in [7, 11) is 1.92. The Morgan fingerprint density at radius 3 is 2.87 bits per heavy atom. The van der Waals surface area contributed by atoms with Crippen LogP contribution in [0.5, 0.6) is 5.75 Å². The van der Waals surface area contributed by atoms with Crippen LogP contribution in [0.3, 0.4) is 0 Å². The first kappa shape index (κ1) is 16.0. The molecule has 2 atom stereocenters. The molecule has 3 rings (SSSR count). The van der Waals surface area contributed by atoms with Crippen molar-refractivity contribution < 1.29 is 14.0 Å². The van der Waals surface area contributed by atoms with E-state index in [9.17, 15) is 0 Å². The predicted octanol–water partition coefficient (Wildman–Crippen LogP) is 2.44. The molecule has 0 spiro atoms. The molecule has 1 aliphatic rings. The Hall–Kier alpha value is -1.92. The number of nitrogens with one attached hydrogen (secondary N) is 1. The highest BCUT2D eigenvalue weighted by atomic mass is 16.5. The highest BCUT2D eigenvalue weighted by molar-refractivity contribution is 5.54. The largest absolute Gasteiger partial charge is 0.491 e. The summed E-state index contributed by atoms with van der Waals surface area (Å²) in [6.45, 7) is 3.53. The van der Waals surface area contributed by atoms with E-state index in [0.717, 1.165) is 37.2 Å². The lowest BCUT2D eigenvalue weighted by atomic mass is 10.2. The molecular formula is C17H23N3O3. The van der Waals surface area contributed by atoms with Crippen LogP contribution in [-0.2, 0) is 11.2 Å². The third-order valence-corrected chi connectivity index (χ3v) is 4.01. The maximum absolute atomic E-state index is 5.75. The van der Waals surface area contributed by atoms with Gasteiger partial charge in [0.25, 0.3) is 5.89 Å². The van der Waals surface area contributed by atoms with Crippen molar-refractivity contribution in [3.8, 4) is 17.2 Å². The molecule has 0 amide bonds. The Labute approximate surface area is 136 Å². The summed E-state index contributed by atoms with van der Waals surface area (Å²) in [6, 6.07) is 8.02. The van der Waals surface area contributed by atoms with Gasteiger partial charge in [-0.25, -0.2) is 0 Å². The van der Waals surface area contributed by atoms with Gasteiger partial charge in [0.1, 0.15) is 12.4 Å². The van der Waals surface area contributed by atoms with Crippen molar-refractivity contribution in [2.45, 2.75) is 38.3 Å². The fraction of sp³-hybridized carbons (Fsp3) is 0.529. The fourth-order valence-electron chi connectivity index (χ4n) is 2.49. The lowest BCUT2D eigenvalue weighted by Crippen LogP contribution is -2.24. The van der Waals surface area contributed by atoms with Crippen LogP contribution < -0.4 is 10.1 Å². The van der Waals surface area contributed by atoms with Gasteiger partial charge in [0.2, 0.25) is 0 Å². The molecule has 1 saturated heterocycles. The van der Waals surface area contributed by atoms with E-state index in [2.05, 4.69) is 22.4 Å². The van der Waals surface area contributed by atoms with E-state index in [4.69, 9.17) is 14.0 Å². The normalized spacial score (nSPS) is 19.0. The Kier molecular flexibility index (Phi) is 5.25. The van der Waals surface area contributed by atoms with Crippen LogP contribution in [0.1, 0.15) is 25.6 Å². The van der Waals surface area contributed by atoms with Crippen molar-refractivity contribution in [2.24, 2.45) is 0 Å². The number of ether oxygens (including phenoxy) is 2. The van der Waals surface area contributed by atoms with E-state index < -0.39 is 0 Å². The summed E-state index contributed by atoms with van der Waals surface area (Å²) in [5, 5.41) is 7.18. The topological polar surface area (TPSA) is 69.4 Å². The van der Waals surface area contributed by atoms with E-state index in [0.29, 0.717) is 24.4 Å². The van der Waals surface area contributed by atoms with Gasteiger partial charge < -0.3 is 19.3 Å². The zero-order chi connectivity index (χ0) is 16.1. The molecule has 0 aliphatic carbocycles. The molecule has 1 fully saturated rings. The van der Waals surface area contributed by atoms with Gasteiger partial charge in [0.15, 0.2) is 5.82 Å². The van der Waals surface area contributed by atoms with Gasteiger partial charge in [-0.1, -0.05) is 5.16 Å². The van der Waals surface area contributed by atoms with Crippen LogP contribution in [0, 0.1) is 0 Å². The Morgan fingerprint density at radius 2 is 2.17 bits per heavy atom. The van der Waals surface area contributed by atoms with E-state index in [-0.39, 0.29) is 6.10 Å². The molecule has 1 N–H and O–H groups in total. The monoisotopic (exact) mass is 317 g/mol. The summed E-state index contributed by atoms with van der Waals surface area (Å²) in [4.78, 5) is 4.43. The van der Waals surface area contributed by atoms with Crippen LogP contribution >= 0.6 is 0 Å². The second kappa shape index (κ2) is 7.57. The van der Waals surface area contributed by atoms with Crippen molar-refractivity contribution >= 4 is 0 Å². The molecule has 0 bridgehead atoms. The van der Waals surface area contributed by atoms with Gasteiger partial charge in [-0.2, -0.15) is 4.98 Å². The predicted molar refractivity (Wildman–Crippen MR) is 86.4 cm³/mol. The summed E-state index contributed by atoms with van der Waals surface area (Å²) in [5.41, 5.74) is 0.894. The van der Waals surface area contributed by atoms with Gasteiger partial charge in [-0.15, -0.1) is 0 Å². The van der Waals surface area contributed by atoms with Crippen molar-refractivity contribution in [2.75, 3.05) is 20.3 Å². The average Bonchev–Trinajstić information content (AvgIpc) is 3.25. The molecule has 2 heterocycles. The highest BCUT2D eigenvalue weighted by Gasteiger charge is 2.16. The Balaban J connectivity index is 1.58. The van der Waals surface area contributed by atoms with Gasteiger partial charge in [0, 0.05) is 24.6 Å². The summed E-state index contributed by atoms with van der Waals surface area (Å²) < 4.78 is 16.6. The van der Waals surface area contributed by atoms with Crippen LogP contribution in [0.25, 0.3) is 11.5 Å². The lowest BCUT2D eigenvalue weighted by molar-refractivity contribution is 0.0679. The van der Waals surface area contributed by atoms with Gasteiger partial charge >= 0.3 is 0 Å². The molecule has 124 valence electrons. The standard InChI is InChI=1S/C17H23N3O3/c1-12(18-2)10-16-19-17(23-20-16)13-5-7-14(8-6-13)22-11-15-4-3-9-21-15/h5-8,12,15,18H,3-4,9-11H2,1-2H3. The summed E-state index contributed by atoms with van der Waals surface area (Å²) in [6.07, 6.45) is 3.16. The van der Waals surface area contributed by atoms with E-state index in [1.807, 2.05) is 31.3 Å². The quantitative estimate of drug-likeness (QED) is 0.846. The third-order valence-electron chi connectivity index (χ3n) is 4.01. The minimum atomic E-state index is 0.224. The molecule has 1 aliphatic heterocycles. The third kappa shape index (κ3) is 4.30. The first-order valence-electron chi connectivity index (χ1n) is 8.09. The van der Waals surface area contributed by atoms with Gasteiger partial charge in [0.05, 0.1) is 6.10 Å². The van der Waals surface area contributed by atoms with Crippen LogP contribution in [0.2, 0.25) is 0 Å². The number of likely N-dealkylation sites (N-methyl/N-ethyl adjacent to an activating group) is 1. The van der Waals surface area contributed by atoms with Crippen LogP contribution in [0.15, 0.2) is 28.8 Å². The number of aromatic nitrogens is 2. The van der Waals surface area contributed by atoms with Gasteiger partial charge in [-0.3, -0.25) is 0 Å². The first-order chi connectivity index (χ1) is 11.2. The molecular weight excluding hydrogens is 294 g/mol. The van der Waals surface area contributed by atoms with Crippen molar-refractivity contribution in [3.63, 3.8) is 0 Å². The Bertz CT molecular complexity index is 606. The van der Waals surface area contributed by atoms with E-state index in [1.54, 1.807) is 0 Å². The number of hydrogen-bond acceptors (Lipinski definition) is 6. The van der Waals surface area contributed by atoms with Crippen molar-refractivity contribution in [1.29, 1.82) is 0 Å². The maximum Gasteiger partial charge on any atom is 0.257 e. The van der Waals surface area contributed by atoms with E-state index >= 15 is 0 Å². The highest BCUT2D eigenvalue weighted by Crippen LogP contribution is 2.22. The lowest BCUT2D eigenvalue weighted by Gasteiger charge is -2.11. The average molecular weight is 317 g/mol. The van der Waals surface area contributed by atoms with Crippen molar-refractivity contribution in [3.05, 3.63) is 30.1 Å². The summed E-state index contributed by atoms with van der Waals surface area (Å²) in [5.74, 6) is 2.07. The molecule has 1 aromatic heterocycles. The Morgan fingerprint density at radius 1 is 1.35 bits per heavy atom. The number of hydrogen-bond donors (Lipinski definition) is 1. The van der Waals surface area contributed by atoms with Crippen LogP contribution in [0.4, 0.5) is 0 Å². The molecule has 2 aromatic rings. The zero-order valence-corrected chi connectivity index (χ0v) is 13.6. The van der Waals surface area contributed by atoms with Crippen LogP contribution in [-0.4, -0.2) is 42.5 Å². The summed E-state index contributed by atoms with van der Waals surface area (Å²) >= 11 is 0. The minimum absolute atomic E-state index is 0.224. The fourth-order valence-corrected chi connectivity index (χ4v) is 2.49. The molecule has 0 saturated carbocycles. The van der Waals surface area contributed by atoms with Crippen molar-refractivity contribution in [1.82, 2.24) is 15.5 Å². The maximum atomic E-state index is 5.75. The molecule has 6 nitrogen and oxygen atoms in total. The second-order valence-electron chi connectivity index (χ2n) is 5.88. The second-order valence-corrected chi connectivity index (χ2v) is 5.88. The minimum Gasteiger partial charge on any atom is -0.491 e. The SMILES string of the molecule is CNC(C)Cc1noc(-c2ccc(OCC3CCCO3)cc2)n1. The molecule has 23 heavy (non-hydrogen) atoms. The number of benzene rings is 1. The number of rotatable bonds is 7. The number of nitrogens with zero attached hydrogens (tertiary/aromatic N) is 2. The van der Waals surface area contributed by atoms with E-state index in [1.165, 1.54) is 0 Å².